The lowest BCUT2D eigenvalue weighted by atomic mass is 10.2. The molecule has 0 spiro atoms. The number of nitrogens with zero attached hydrogens (tertiary/aromatic N) is 2. The normalized spacial score (nSPS) is 11.0. The SMILES string of the molecule is Cc1cc(S(=O)(=O)N(C)c2cccc(C#N)c2)ccc1Br. The molecule has 21 heavy (non-hydrogen) atoms. The topological polar surface area (TPSA) is 61.2 Å². The van der Waals surface area contributed by atoms with Gasteiger partial charge in [0.05, 0.1) is 22.2 Å². The predicted octanol–water partition coefficient (Wildman–Crippen LogP) is 3.45. The molecule has 0 heterocycles. The molecule has 2 rings (SSSR count). The van der Waals surface area contributed by atoms with Crippen LogP contribution < -0.4 is 4.31 Å². The zero-order valence-electron chi connectivity index (χ0n) is 11.5. The Hall–Kier alpha value is -1.84. The molecule has 0 bridgehead atoms. The highest BCUT2D eigenvalue weighted by atomic mass is 79.9. The van der Waals surface area contributed by atoms with Crippen molar-refractivity contribution in [2.24, 2.45) is 0 Å². The number of hydrogen-bond donors (Lipinski definition) is 0. The Bertz CT molecular complexity index is 826. The van der Waals surface area contributed by atoms with Gasteiger partial charge in [0, 0.05) is 11.5 Å². The molecule has 0 radical (unpaired) electrons. The average molecular weight is 365 g/mol. The van der Waals surface area contributed by atoms with E-state index in [9.17, 15) is 8.42 Å². The minimum Gasteiger partial charge on any atom is -0.269 e. The van der Waals surface area contributed by atoms with Crippen molar-refractivity contribution >= 4 is 31.6 Å². The van der Waals surface area contributed by atoms with Crippen LogP contribution in [0, 0.1) is 18.3 Å². The van der Waals surface area contributed by atoms with Gasteiger partial charge in [-0.2, -0.15) is 5.26 Å². The second kappa shape index (κ2) is 5.88. The molecule has 0 aliphatic rings. The van der Waals surface area contributed by atoms with Gasteiger partial charge in [0.2, 0.25) is 0 Å². The van der Waals surface area contributed by atoms with Crippen molar-refractivity contribution in [3.63, 3.8) is 0 Å². The molecule has 6 heteroatoms. The maximum Gasteiger partial charge on any atom is 0.264 e. The number of rotatable bonds is 3. The van der Waals surface area contributed by atoms with Crippen molar-refractivity contribution in [1.82, 2.24) is 0 Å². The molecular weight excluding hydrogens is 352 g/mol. The van der Waals surface area contributed by atoms with Crippen LogP contribution in [-0.4, -0.2) is 15.5 Å². The first-order valence-corrected chi connectivity index (χ1v) is 8.35. The van der Waals surface area contributed by atoms with Gasteiger partial charge in [-0.3, -0.25) is 4.31 Å². The van der Waals surface area contributed by atoms with Gasteiger partial charge in [-0.05, 0) is 48.9 Å². The lowest BCUT2D eigenvalue weighted by Crippen LogP contribution is -2.26. The standard InChI is InChI=1S/C15H13BrN2O2S/c1-11-8-14(6-7-15(11)16)21(19,20)18(2)13-5-3-4-12(9-13)10-17/h3-9H,1-2H3. The summed E-state index contributed by atoms with van der Waals surface area (Å²) in [6.07, 6.45) is 0. The van der Waals surface area contributed by atoms with Crippen LogP contribution in [0.2, 0.25) is 0 Å². The first-order chi connectivity index (χ1) is 9.86. The number of sulfonamides is 1. The molecule has 0 atom stereocenters. The molecule has 0 amide bonds. The minimum atomic E-state index is -3.65. The van der Waals surface area contributed by atoms with E-state index in [1.165, 1.54) is 11.4 Å². The van der Waals surface area contributed by atoms with Crippen LogP contribution in [0.3, 0.4) is 0 Å². The third-order valence-corrected chi connectivity index (χ3v) is 5.80. The molecular formula is C15H13BrN2O2S. The lowest BCUT2D eigenvalue weighted by Gasteiger charge is -2.20. The number of hydrogen-bond acceptors (Lipinski definition) is 3. The van der Waals surface area contributed by atoms with Gasteiger partial charge in [0.25, 0.3) is 10.0 Å². The number of anilines is 1. The van der Waals surface area contributed by atoms with Crippen molar-refractivity contribution in [2.45, 2.75) is 11.8 Å². The summed E-state index contributed by atoms with van der Waals surface area (Å²) in [5.74, 6) is 0. The highest BCUT2D eigenvalue weighted by Gasteiger charge is 2.21. The first kappa shape index (κ1) is 15.5. The van der Waals surface area contributed by atoms with Crippen molar-refractivity contribution in [3.8, 4) is 6.07 Å². The van der Waals surface area contributed by atoms with Crippen LogP contribution >= 0.6 is 15.9 Å². The van der Waals surface area contributed by atoms with Gasteiger partial charge >= 0.3 is 0 Å². The number of aryl methyl sites for hydroxylation is 1. The van der Waals surface area contributed by atoms with Crippen LogP contribution in [0.15, 0.2) is 51.8 Å². The van der Waals surface area contributed by atoms with E-state index in [4.69, 9.17) is 5.26 Å². The van der Waals surface area contributed by atoms with Crippen LogP contribution in [-0.2, 0) is 10.0 Å². The van der Waals surface area contributed by atoms with E-state index in [-0.39, 0.29) is 4.90 Å². The summed E-state index contributed by atoms with van der Waals surface area (Å²) in [4.78, 5) is 0.216. The van der Waals surface area contributed by atoms with E-state index < -0.39 is 10.0 Å². The highest BCUT2D eigenvalue weighted by Crippen LogP contribution is 2.25. The fourth-order valence-electron chi connectivity index (χ4n) is 1.85. The summed E-state index contributed by atoms with van der Waals surface area (Å²) in [6.45, 7) is 1.83. The number of halogens is 1. The molecule has 0 unspecified atom stereocenters. The Morgan fingerprint density at radius 1 is 1.19 bits per heavy atom. The van der Waals surface area contributed by atoms with E-state index >= 15 is 0 Å². The molecule has 4 nitrogen and oxygen atoms in total. The van der Waals surface area contributed by atoms with E-state index in [0.717, 1.165) is 10.0 Å². The highest BCUT2D eigenvalue weighted by molar-refractivity contribution is 9.10. The van der Waals surface area contributed by atoms with E-state index in [1.54, 1.807) is 42.5 Å². The van der Waals surface area contributed by atoms with Gasteiger partial charge < -0.3 is 0 Å². The number of benzene rings is 2. The Kier molecular flexibility index (Phi) is 4.35. The van der Waals surface area contributed by atoms with Gasteiger partial charge in [-0.25, -0.2) is 8.42 Å². The summed E-state index contributed by atoms with van der Waals surface area (Å²) in [5, 5.41) is 8.91. The fourth-order valence-corrected chi connectivity index (χ4v) is 3.37. The Balaban J connectivity index is 2.47. The molecule has 0 N–H and O–H groups in total. The second-order valence-electron chi connectivity index (χ2n) is 4.55. The molecule has 2 aromatic rings. The third kappa shape index (κ3) is 3.09. The monoisotopic (exact) mass is 364 g/mol. The quantitative estimate of drug-likeness (QED) is 0.837. The zero-order chi connectivity index (χ0) is 15.6. The lowest BCUT2D eigenvalue weighted by molar-refractivity contribution is 0.594. The molecule has 2 aromatic carbocycles. The van der Waals surface area contributed by atoms with Gasteiger partial charge in [-0.15, -0.1) is 0 Å². The molecule has 108 valence electrons. The Morgan fingerprint density at radius 2 is 1.90 bits per heavy atom. The maximum absolute atomic E-state index is 12.6. The number of nitriles is 1. The largest absolute Gasteiger partial charge is 0.269 e. The Labute approximate surface area is 132 Å². The van der Waals surface area contributed by atoms with E-state index in [2.05, 4.69) is 15.9 Å². The summed E-state index contributed by atoms with van der Waals surface area (Å²) in [5.41, 5.74) is 1.71. The van der Waals surface area contributed by atoms with E-state index in [1.807, 2.05) is 13.0 Å². The molecule has 0 aromatic heterocycles. The smallest absolute Gasteiger partial charge is 0.264 e. The molecule has 0 saturated carbocycles. The first-order valence-electron chi connectivity index (χ1n) is 6.11. The van der Waals surface area contributed by atoms with Crippen LogP contribution in [0.5, 0.6) is 0 Å². The summed E-state index contributed by atoms with van der Waals surface area (Å²) < 4.78 is 27.3. The van der Waals surface area contributed by atoms with Crippen molar-refractivity contribution in [1.29, 1.82) is 5.26 Å². The van der Waals surface area contributed by atoms with Gasteiger partial charge in [0.1, 0.15) is 0 Å². The third-order valence-electron chi connectivity index (χ3n) is 3.13. The zero-order valence-corrected chi connectivity index (χ0v) is 13.9. The van der Waals surface area contributed by atoms with Crippen molar-refractivity contribution < 1.29 is 8.42 Å². The van der Waals surface area contributed by atoms with Crippen LogP contribution in [0.25, 0.3) is 0 Å². The molecule has 0 saturated heterocycles. The van der Waals surface area contributed by atoms with Crippen LogP contribution in [0.4, 0.5) is 5.69 Å². The van der Waals surface area contributed by atoms with Gasteiger partial charge in [-0.1, -0.05) is 22.0 Å². The van der Waals surface area contributed by atoms with Gasteiger partial charge in [0.15, 0.2) is 0 Å². The summed E-state index contributed by atoms with van der Waals surface area (Å²) >= 11 is 3.35. The molecule has 0 fully saturated rings. The van der Waals surface area contributed by atoms with Crippen LogP contribution in [0.1, 0.15) is 11.1 Å². The maximum atomic E-state index is 12.6. The average Bonchev–Trinajstić information content (AvgIpc) is 2.49. The summed E-state index contributed by atoms with van der Waals surface area (Å²) in [7, 11) is -2.18. The fraction of sp³-hybridized carbons (Fsp3) is 0.133. The minimum absolute atomic E-state index is 0.216. The molecule has 0 aliphatic heterocycles. The van der Waals surface area contributed by atoms with Crippen molar-refractivity contribution in [3.05, 3.63) is 58.1 Å². The summed E-state index contributed by atoms with van der Waals surface area (Å²) in [6, 6.07) is 13.4. The van der Waals surface area contributed by atoms with E-state index in [0.29, 0.717) is 11.3 Å². The molecule has 0 aliphatic carbocycles. The Morgan fingerprint density at radius 3 is 2.52 bits per heavy atom. The predicted molar refractivity (Wildman–Crippen MR) is 85.6 cm³/mol. The van der Waals surface area contributed by atoms with Crippen molar-refractivity contribution in [2.75, 3.05) is 11.4 Å². The second-order valence-corrected chi connectivity index (χ2v) is 7.37.